The van der Waals surface area contributed by atoms with Crippen LogP contribution in [0.3, 0.4) is 0 Å². The van der Waals surface area contributed by atoms with Gasteiger partial charge in [-0.15, -0.1) is 0 Å². The van der Waals surface area contributed by atoms with Gasteiger partial charge in [-0.2, -0.15) is 0 Å². The number of carbonyl (C=O) groups is 2. The molecule has 5 heteroatoms. The molecule has 4 rings (SSSR count). The number of rotatable bonds is 5. The SMILES string of the molecule is CC1(C)CCCC2(C)C1CCC1(C)C3CC(CCC(=O)O)[NH+](CC(=O)[O-])CC3CCC12. The number of aliphatic carboxylic acids is 2. The number of carboxylic acid groups (broad SMARTS) is 2. The highest BCUT2D eigenvalue weighted by atomic mass is 16.4. The zero-order chi connectivity index (χ0) is 22.6. The van der Waals surface area contributed by atoms with E-state index in [1.54, 1.807) is 0 Å². The van der Waals surface area contributed by atoms with Crippen LogP contribution in [0.1, 0.15) is 91.9 Å². The summed E-state index contributed by atoms with van der Waals surface area (Å²) in [6, 6.07) is 0.124. The monoisotopic (exact) mass is 433 g/mol. The third-order valence-corrected chi connectivity index (χ3v) is 10.8. The van der Waals surface area contributed by atoms with E-state index in [0.717, 1.165) is 29.7 Å². The second-order valence-electron chi connectivity index (χ2n) is 12.7. The summed E-state index contributed by atoms with van der Waals surface area (Å²) in [5.41, 5.74) is 1.14. The lowest BCUT2D eigenvalue weighted by Gasteiger charge is -2.67. The Morgan fingerprint density at radius 2 is 1.74 bits per heavy atom. The molecule has 31 heavy (non-hydrogen) atoms. The molecule has 0 aromatic heterocycles. The molecule has 5 nitrogen and oxygen atoms in total. The molecule has 8 unspecified atom stereocenters. The second-order valence-corrected chi connectivity index (χ2v) is 12.7. The van der Waals surface area contributed by atoms with Crippen molar-refractivity contribution < 1.29 is 24.7 Å². The summed E-state index contributed by atoms with van der Waals surface area (Å²) in [5.74, 6) is 0.912. The van der Waals surface area contributed by atoms with Crippen molar-refractivity contribution in [2.45, 2.75) is 97.9 Å². The number of piperidine rings is 1. The molecule has 176 valence electrons. The summed E-state index contributed by atoms with van der Waals surface area (Å²) < 4.78 is 0. The van der Waals surface area contributed by atoms with E-state index >= 15 is 0 Å². The molecule has 4 aliphatic rings. The van der Waals surface area contributed by atoms with Crippen LogP contribution < -0.4 is 10.0 Å². The number of hydrogen-bond donors (Lipinski definition) is 2. The topological polar surface area (TPSA) is 81.9 Å². The minimum absolute atomic E-state index is 0.0155. The molecule has 0 aromatic rings. The summed E-state index contributed by atoms with van der Waals surface area (Å²) in [4.78, 5) is 23.7. The standard InChI is InChI=1S/C26H43NO4/c1-24(2)11-5-12-26(4)20(24)10-13-25(3)19-14-18(7-9-22(28)29)27(16-23(30)31)15-17(19)6-8-21(25)26/h17-21H,5-16H2,1-4H3,(H,28,29)(H,30,31). The number of carbonyl (C=O) groups excluding carboxylic acids is 1. The lowest BCUT2D eigenvalue weighted by Crippen LogP contribution is -3.19. The van der Waals surface area contributed by atoms with Crippen molar-refractivity contribution in [3.05, 3.63) is 0 Å². The molecule has 3 saturated carbocycles. The van der Waals surface area contributed by atoms with Crippen LogP contribution in [0.4, 0.5) is 0 Å². The first-order chi connectivity index (χ1) is 14.5. The largest absolute Gasteiger partial charge is 0.544 e. The van der Waals surface area contributed by atoms with Crippen molar-refractivity contribution in [3.8, 4) is 0 Å². The lowest BCUT2D eigenvalue weighted by atomic mass is 9.38. The fraction of sp³-hybridized carbons (Fsp3) is 0.923. The van der Waals surface area contributed by atoms with E-state index in [-0.39, 0.29) is 19.0 Å². The van der Waals surface area contributed by atoms with Gasteiger partial charge < -0.3 is 19.9 Å². The zero-order valence-corrected chi connectivity index (χ0v) is 20.0. The molecule has 2 N–H and O–H groups in total. The molecular weight excluding hydrogens is 390 g/mol. The van der Waals surface area contributed by atoms with Gasteiger partial charge in [0, 0.05) is 18.8 Å². The Labute approximate surface area is 188 Å². The van der Waals surface area contributed by atoms with Crippen molar-refractivity contribution in [2.75, 3.05) is 13.1 Å². The number of fused-ring (bicyclic) bond motifs is 5. The van der Waals surface area contributed by atoms with Crippen LogP contribution in [0, 0.1) is 39.9 Å². The van der Waals surface area contributed by atoms with Gasteiger partial charge in [-0.05, 0) is 72.5 Å². The highest BCUT2D eigenvalue weighted by Crippen LogP contribution is 2.69. The van der Waals surface area contributed by atoms with Gasteiger partial charge in [0.15, 0.2) is 0 Å². The Balaban J connectivity index is 1.60. The first-order valence-electron chi connectivity index (χ1n) is 12.7. The Morgan fingerprint density at radius 3 is 2.42 bits per heavy atom. The van der Waals surface area contributed by atoms with Gasteiger partial charge in [-0.1, -0.05) is 34.1 Å². The quantitative estimate of drug-likeness (QED) is 0.698. The first kappa shape index (κ1) is 23.1. The average molecular weight is 434 g/mol. The number of quaternary nitrogens is 1. The van der Waals surface area contributed by atoms with Crippen LogP contribution in [0.15, 0.2) is 0 Å². The number of nitrogens with one attached hydrogen (secondary N) is 1. The normalized spacial score (nSPS) is 46.3. The summed E-state index contributed by atoms with van der Waals surface area (Å²) in [6.07, 6.45) is 10.8. The van der Waals surface area contributed by atoms with Crippen LogP contribution >= 0.6 is 0 Å². The van der Waals surface area contributed by atoms with E-state index in [9.17, 15) is 19.8 Å². The second kappa shape index (κ2) is 8.04. The minimum Gasteiger partial charge on any atom is -0.544 e. The molecule has 1 saturated heterocycles. The molecule has 1 heterocycles. The van der Waals surface area contributed by atoms with Gasteiger partial charge in [-0.3, -0.25) is 4.79 Å². The molecule has 0 amide bonds. The Morgan fingerprint density at radius 1 is 1.00 bits per heavy atom. The van der Waals surface area contributed by atoms with Crippen molar-refractivity contribution in [1.29, 1.82) is 0 Å². The molecule has 8 atom stereocenters. The fourth-order valence-electron chi connectivity index (χ4n) is 9.61. The van der Waals surface area contributed by atoms with Crippen molar-refractivity contribution in [2.24, 2.45) is 39.9 Å². The van der Waals surface area contributed by atoms with Gasteiger partial charge in [0.1, 0.15) is 6.54 Å². The van der Waals surface area contributed by atoms with E-state index in [2.05, 4.69) is 27.7 Å². The third kappa shape index (κ3) is 3.94. The van der Waals surface area contributed by atoms with Crippen molar-refractivity contribution in [3.63, 3.8) is 0 Å². The fourth-order valence-corrected chi connectivity index (χ4v) is 9.61. The predicted octanol–water partition coefficient (Wildman–Crippen LogP) is 2.53. The van der Waals surface area contributed by atoms with E-state index in [4.69, 9.17) is 0 Å². The number of hydrogen-bond acceptors (Lipinski definition) is 3. The summed E-state index contributed by atoms with van der Waals surface area (Å²) in [5, 5.41) is 20.7. The van der Waals surface area contributed by atoms with Crippen molar-refractivity contribution in [1.82, 2.24) is 0 Å². The Hall–Kier alpha value is -1.10. The Kier molecular flexibility index (Phi) is 5.98. The summed E-state index contributed by atoms with van der Waals surface area (Å²) >= 11 is 0. The average Bonchev–Trinajstić information content (AvgIpc) is 2.65. The van der Waals surface area contributed by atoms with Crippen LogP contribution in [0.25, 0.3) is 0 Å². The van der Waals surface area contributed by atoms with Crippen LogP contribution in [0.2, 0.25) is 0 Å². The van der Waals surface area contributed by atoms with Gasteiger partial charge in [0.25, 0.3) is 0 Å². The summed E-state index contributed by atoms with van der Waals surface area (Å²) in [7, 11) is 0. The van der Waals surface area contributed by atoms with Crippen LogP contribution in [-0.2, 0) is 9.59 Å². The smallest absolute Gasteiger partial charge is 0.303 e. The number of likely N-dealkylation sites (tertiary alicyclic amines) is 1. The molecular formula is C26H43NO4. The molecule has 3 aliphatic carbocycles. The molecule has 0 spiro atoms. The molecule has 0 aromatic carbocycles. The van der Waals surface area contributed by atoms with Gasteiger partial charge >= 0.3 is 5.97 Å². The van der Waals surface area contributed by atoms with E-state index in [1.165, 1.54) is 44.9 Å². The van der Waals surface area contributed by atoms with E-state index < -0.39 is 11.9 Å². The van der Waals surface area contributed by atoms with Gasteiger partial charge in [0.2, 0.25) is 0 Å². The maximum absolute atomic E-state index is 11.4. The molecule has 0 bridgehead atoms. The number of carboxylic acids is 2. The van der Waals surface area contributed by atoms with E-state index in [1.807, 2.05) is 0 Å². The minimum atomic E-state index is -1.01. The molecule has 0 radical (unpaired) electrons. The van der Waals surface area contributed by atoms with Crippen LogP contribution in [0.5, 0.6) is 0 Å². The summed E-state index contributed by atoms with van der Waals surface area (Å²) in [6.45, 7) is 11.0. The Bertz CT molecular complexity index is 720. The molecule has 4 fully saturated rings. The highest BCUT2D eigenvalue weighted by molar-refractivity contribution is 5.66. The van der Waals surface area contributed by atoms with E-state index in [0.29, 0.717) is 34.5 Å². The first-order valence-corrected chi connectivity index (χ1v) is 12.7. The predicted molar refractivity (Wildman–Crippen MR) is 117 cm³/mol. The third-order valence-electron chi connectivity index (χ3n) is 10.8. The van der Waals surface area contributed by atoms with Gasteiger partial charge in [-0.25, -0.2) is 0 Å². The maximum Gasteiger partial charge on any atom is 0.303 e. The zero-order valence-electron chi connectivity index (χ0n) is 20.0. The van der Waals surface area contributed by atoms with Gasteiger partial charge in [0.05, 0.1) is 25.0 Å². The van der Waals surface area contributed by atoms with Crippen LogP contribution in [-0.4, -0.2) is 36.2 Å². The van der Waals surface area contributed by atoms with Crippen molar-refractivity contribution >= 4 is 11.9 Å². The molecule has 1 aliphatic heterocycles. The lowest BCUT2D eigenvalue weighted by molar-refractivity contribution is -0.931. The maximum atomic E-state index is 11.4. The highest BCUT2D eigenvalue weighted by Gasteiger charge is 2.63.